The first kappa shape index (κ1) is 9.39. The highest BCUT2D eigenvalue weighted by Gasteiger charge is 2.10. The van der Waals surface area contributed by atoms with Crippen LogP contribution in [0.3, 0.4) is 0 Å². The highest BCUT2D eigenvalue weighted by Crippen LogP contribution is 2.21. The van der Waals surface area contributed by atoms with Gasteiger partial charge in [-0.15, -0.1) is 0 Å². The zero-order chi connectivity index (χ0) is 10.7. The number of pyridine rings is 1. The molecular weight excluding hydrogens is 196 g/mol. The maximum atomic E-state index is 10.6. The van der Waals surface area contributed by atoms with Crippen molar-refractivity contribution in [2.45, 2.75) is 6.42 Å². The van der Waals surface area contributed by atoms with Crippen molar-refractivity contribution in [1.82, 2.24) is 9.97 Å². The Morgan fingerprint density at radius 3 is 3.07 bits per heavy atom. The first-order valence-electron chi connectivity index (χ1n) is 4.30. The second-order valence-electron chi connectivity index (χ2n) is 2.98. The van der Waals surface area contributed by atoms with E-state index in [1.165, 1.54) is 18.9 Å². The predicted octanol–water partition coefficient (Wildman–Crippen LogP) is 1.36. The zero-order valence-corrected chi connectivity index (χ0v) is 7.75. The molecule has 0 saturated heterocycles. The molecule has 2 aromatic rings. The topological polar surface area (TPSA) is 76.2 Å². The normalized spacial score (nSPS) is 10.1. The summed E-state index contributed by atoms with van der Waals surface area (Å²) in [6.07, 6.45) is 5.82. The van der Waals surface area contributed by atoms with E-state index in [-0.39, 0.29) is 6.42 Å². The van der Waals surface area contributed by atoms with Crippen LogP contribution in [0.2, 0.25) is 0 Å². The second-order valence-corrected chi connectivity index (χ2v) is 2.98. The van der Waals surface area contributed by atoms with Gasteiger partial charge in [0.05, 0.1) is 6.42 Å². The van der Waals surface area contributed by atoms with E-state index in [0.717, 1.165) is 5.56 Å². The van der Waals surface area contributed by atoms with Crippen LogP contribution < -0.4 is 0 Å². The predicted molar refractivity (Wildman–Crippen MR) is 51.1 cm³/mol. The van der Waals surface area contributed by atoms with Gasteiger partial charge in [-0.2, -0.15) is 0 Å². The van der Waals surface area contributed by atoms with E-state index in [1.807, 2.05) is 0 Å². The summed E-state index contributed by atoms with van der Waals surface area (Å²) in [5.74, 6) is -0.896. The molecule has 2 aromatic heterocycles. The zero-order valence-electron chi connectivity index (χ0n) is 7.75. The summed E-state index contributed by atoms with van der Waals surface area (Å²) in [5, 5.41) is 8.72. The summed E-state index contributed by atoms with van der Waals surface area (Å²) >= 11 is 0. The molecule has 0 radical (unpaired) electrons. The number of hydrogen-bond donors (Lipinski definition) is 1. The third kappa shape index (κ3) is 2.01. The lowest BCUT2D eigenvalue weighted by molar-refractivity contribution is -0.136. The average molecular weight is 204 g/mol. The van der Waals surface area contributed by atoms with Gasteiger partial charge in [0, 0.05) is 18.0 Å². The summed E-state index contributed by atoms with van der Waals surface area (Å²) in [5.41, 5.74) is 1.98. The fraction of sp³-hybridized carbons (Fsp3) is 0.100. The third-order valence-electron chi connectivity index (χ3n) is 1.95. The number of aromatic nitrogens is 2. The smallest absolute Gasteiger partial charge is 0.307 e. The Morgan fingerprint density at radius 2 is 2.40 bits per heavy atom. The number of aliphatic carboxylic acids is 1. The number of carbonyl (C=O) groups is 1. The molecule has 0 spiro atoms. The van der Waals surface area contributed by atoms with E-state index < -0.39 is 5.97 Å². The molecule has 0 bridgehead atoms. The van der Waals surface area contributed by atoms with Crippen LogP contribution in [0.15, 0.2) is 35.5 Å². The minimum atomic E-state index is -0.896. The van der Waals surface area contributed by atoms with Gasteiger partial charge in [-0.1, -0.05) is 0 Å². The van der Waals surface area contributed by atoms with Crippen LogP contribution in [-0.2, 0) is 11.2 Å². The number of rotatable bonds is 3. The fourth-order valence-electron chi connectivity index (χ4n) is 1.33. The summed E-state index contributed by atoms with van der Waals surface area (Å²) in [4.78, 5) is 18.5. The number of carboxylic acids is 1. The molecule has 0 unspecified atom stereocenters. The Labute approximate surface area is 85.4 Å². The quantitative estimate of drug-likeness (QED) is 0.816. The second kappa shape index (κ2) is 3.91. The van der Waals surface area contributed by atoms with Gasteiger partial charge in [0.1, 0.15) is 12.0 Å². The van der Waals surface area contributed by atoms with Gasteiger partial charge in [-0.25, -0.2) is 4.98 Å². The molecule has 0 amide bonds. The minimum Gasteiger partial charge on any atom is -0.481 e. The van der Waals surface area contributed by atoms with Crippen LogP contribution in [-0.4, -0.2) is 21.0 Å². The lowest BCUT2D eigenvalue weighted by Crippen LogP contribution is -2.02. The Balaban J connectivity index is 2.42. The molecule has 2 rings (SSSR count). The average Bonchev–Trinajstić information content (AvgIpc) is 2.70. The number of hydrogen-bond acceptors (Lipinski definition) is 4. The highest BCUT2D eigenvalue weighted by atomic mass is 16.4. The Morgan fingerprint density at radius 1 is 1.53 bits per heavy atom. The maximum absolute atomic E-state index is 10.6. The first-order valence-corrected chi connectivity index (χ1v) is 4.30. The van der Waals surface area contributed by atoms with E-state index in [9.17, 15) is 4.79 Å². The van der Waals surface area contributed by atoms with Crippen LogP contribution in [0.5, 0.6) is 0 Å². The Hall–Kier alpha value is -2.17. The van der Waals surface area contributed by atoms with Crippen molar-refractivity contribution in [3.8, 4) is 11.3 Å². The standard InChI is InChI=1S/C10H8N2O3/c13-10(14)3-7-4-11-2-1-8(7)9-5-15-6-12-9/h1-2,4-6H,3H2,(H,13,14). The number of oxazole rings is 1. The molecule has 0 aliphatic rings. The van der Waals surface area contributed by atoms with Crippen molar-refractivity contribution in [1.29, 1.82) is 0 Å². The molecule has 1 N–H and O–H groups in total. The van der Waals surface area contributed by atoms with Gasteiger partial charge in [-0.05, 0) is 11.6 Å². The number of carboxylic acid groups (broad SMARTS) is 1. The first-order chi connectivity index (χ1) is 7.27. The van der Waals surface area contributed by atoms with Crippen LogP contribution in [0.4, 0.5) is 0 Å². The summed E-state index contributed by atoms with van der Waals surface area (Å²) < 4.78 is 4.85. The van der Waals surface area contributed by atoms with Crippen molar-refractivity contribution >= 4 is 5.97 Å². The van der Waals surface area contributed by atoms with Gasteiger partial charge in [0.15, 0.2) is 6.39 Å². The van der Waals surface area contributed by atoms with Gasteiger partial charge in [-0.3, -0.25) is 9.78 Å². The SMILES string of the molecule is O=C(O)Cc1cnccc1-c1cocn1. The molecule has 15 heavy (non-hydrogen) atoms. The van der Waals surface area contributed by atoms with Gasteiger partial charge in [0.25, 0.3) is 0 Å². The van der Waals surface area contributed by atoms with Gasteiger partial charge in [0.2, 0.25) is 0 Å². The van der Waals surface area contributed by atoms with E-state index in [0.29, 0.717) is 11.3 Å². The minimum absolute atomic E-state index is 0.0734. The van der Waals surface area contributed by atoms with Crippen molar-refractivity contribution in [2.24, 2.45) is 0 Å². The lowest BCUT2D eigenvalue weighted by atomic mass is 10.1. The molecular formula is C10H8N2O3. The van der Waals surface area contributed by atoms with Crippen LogP contribution in [0, 0.1) is 0 Å². The molecule has 76 valence electrons. The molecule has 0 aliphatic carbocycles. The maximum Gasteiger partial charge on any atom is 0.307 e. The van der Waals surface area contributed by atoms with Crippen molar-refractivity contribution in [3.63, 3.8) is 0 Å². The van der Waals surface area contributed by atoms with E-state index >= 15 is 0 Å². The highest BCUT2D eigenvalue weighted by molar-refractivity contribution is 5.74. The fourth-order valence-corrected chi connectivity index (χ4v) is 1.33. The van der Waals surface area contributed by atoms with Gasteiger partial charge < -0.3 is 9.52 Å². The Bertz CT molecular complexity index is 465. The van der Waals surface area contributed by atoms with E-state index in [4.69, 9.17) is 9.52 Å². The van der Waals surface area contributed by atoms with Crippen molar-refractivity contribution in [3.05, 3.63) is 36.7 Å². The van der Waals surface area contributed by atoms with Gasteiger partial charge >= 0.3 is 5.97 Å². The summed E-state index contributed by atoms with van der Waals surface area (Å²) in [7, 11) is 0. The molecule has 5 nitrogen and oxygen atoms in total. The largest absolute Gasteiger partial charge is 0.481 e. The van der Waals surface area contributed by atoms with Crippen LogP contribution in [0.1, 0.15) is 5.56 Å². The molecule has 0 atom stereocenters. The summed E-state index contributed by atoms with van der Waals surface area (Å²) in [6, 6.07) is 1.72. The van der Waals surface area contributed by atoms with Crippen LogP contribution >= 0.6 is 0 Å². The molecule has 5 heteroatoms. The van der Waals surface area contributed by atoms with E-state index in [1.54, 1.807) is 12.3 Å². The lowest BCUT2D eigenvalue weighted by Gasteiger charge is -2.02. The monoisotopic (exact) mass is 204 g/mol. The third-order valence-corrected chi connectivity index (χ3v) is 1.95. The summed E-state index contributed by atoms with van der Waals surface area (Å²) in [6.45, 7) is 0. The molecule has 0 aliphatic heterocycles. The molecule has 0 fully saturated rings. The van der Waals surface area contributed by atoms with Crippen molar-refractivity contribution in [2.75, 3.05) is 0 Å². The van der Waals surface area contributed by atoms with Crippen molar-refractivity contribution < 1.29 is 14.3 Å². The molecule has 0 saturated carbocycles. The van der Waals surface area contributed by atoms with Crippen LogP contribution in [0.25, 0.3) is 11.3 Å². The Kier molecular flexibility index (Phi) is 2.45. The molecule has 2 heterocycles. The number of nitrogens with zero attached hydrogens (tertiary/aromatic N) is 2. The molecule has 0 aromatic carbocycles. The van der Waals surface area contributed by atoms with E-state index in [2.05, 4.69) is 9.97 Å².